The summed E-state index contributed by atoms with van der Waals surface area (Å²) in [5, 5.41) is 13.4. The average Bonchev–Trinajstić information content (AvgIpc) is 3.13. The van der Waals surface area contributed by atoms with E-state index in [4.69, 9.17) is 11.5 Å². The highest BCUT2D eigenvalue weighted by Crippen LogP contribution is 2.43. The van der Waals surface area contributed by atoms with Gasteiger partial charge >= 0.3 is 6.18 Å². The van der Waals surface area contributed by atoms with Gasteiger partial charge in [-0.15, -0.1) is 11.3 Å². The zero-order chi connectivity index (χ0) is 24.6. The van der Waals surface area contributed by atoms with E-state index in [1.54, 1.807) is 23.2 Å². The predicted molar refractivity (Wildman–Crippen MR) is 128 cm³/mol. The molecule has 1 saturated heterocycles. The molecule has 4 heterocycles. The number of pyridine rings is 2. The lowest BCUT2D eigenvalue weighted by molar-refractivity contribution is -0.136. The molecule has 1 fully saturated rings. The molecule has 1 aliphatic rings. The predicted octanol–water partition coefficient (Wildman–Crippen LogP) is 3.45. The van der Waals surface area contributed by atoms with E-state index in [2.05, 4.69) is 31.2 Å². The lowest BCUT2D eigenvalue weighted by atomic mass is 10.0. The number of aliphatic hydroxyl groups excluding tert-OH is 1. The van der Waals surface area contributed by atoms with Crippen LogP contribution in [0.1, 0.15) is 39.7 Å². The molecule has 34 heavy (non-hydrogen) atoms. The van der Waals surface area contributed by atoms with Gasteiger partial charge < -0.3 is 26.8 Å². The smallest absolute Gasteiger partial charge is 0.397 e. The fourth-order valence-electron chi connectivity index (χ4n) is 3.97. The van der Waals surface area contributed by atoms with Gasteiger partial charge in [-0.25, -0.2) is 9.97 Å². The number of thiophene rings is 1. The van der Waals surface area contributed by atoms with E-state index in [0.717, 1.165) is 17.4 Å². The van der Waals surface area contributed by atoms with Crippen molar-refractivity contribution in [2.75, 3.05) is 30.3 Å². The van der Waals surface area contributed by atoms with Crippen molar-refractivity contribution in [2.45, 2.75) is 31.2 Å². The number of anilines is 2. The number of carbonyl (C=O) groups is 1. The first kappa shape index (κ1) is 24.6. The van der Waals surface area contributed by atoms with Crippen LogP contribution in [-0.2, 0) is 6.18 Å². The SMILES string of the molecule is NC(=O)c1sc2nc(N3CCC(NCC(O)c4ccc(Br)nc4)CC3)cc(C(F)(F)F)c2c1N. The number of aromatic nitrogens is 2. The standard InChI is InChI=1S/C21H22BrF3N6O2S/c22-14-2-1-10(8-29-14)13(32)9-28-11-3-5-31(6-4-11)15-7-12(21(23,24)25)16-17(26)18(19(27)33)34-20(16)30-15/h1-2,7-8,11,13,28,32H,3-6,9,26H2,(H2,27,33). The monoisotopic (exact) mass is 558 g/mol. The molecule has 0 aromatic carbocycles. The minimum absolute atomic E-state index is 0.0302. The third-order valence-electron chi connectivity index (χ3n) is 5.77. The first-order valence-electron chi connectivity index (χ1n) is 10.4. The third kappa shape index (κ3) is 5.11. The van der Waals surface area contributed by atoms with Crippen molar-refractivity contribution in [1.29, 1.82) is 0 Å². The van der Waals surface area contributed by atoms with E-state index in [-0.39, 0.29) is 32.6 Å². The summed E-state index contributed by atoms with van der Waals surface area (Å²) in [6.45, 7) is 1.29. The van der Waals surface area contributed by atoms with E-state index in [9.17, 15) is 23.1 Å². The molecule has 0 bridgehead atoms. The largest absolute Gasteiger partial charge is 0.417 e. The highest BCUT2D eigenvalue weighted by Gasteiger charge is 2.37. The summed E-state index contributed by atoms with van der Waals surface area (Å²) in [4.78, 5) is 21.7. The van der Waals surface area contributed by atoms with Gasteiger partial charge in [0.2, 0.25) is 0 Å². The van der Waals surface area contributed by atoms with Crippen LogP contribution in [0.5, 0.6) is 0 Å². The maximum Gasteiger partial charge on any atom is 0.417 e. The summed E-state index contributed by atoms with van der Waals surface area (Å²) in [7, 11) is 0. The van der Waals surface area contributed by atoms with Gasteiger partial charge in [-0.1, -0.05) is 6.07 Å². The number of rotatable bonds is 6. The van der Waals surface area contributed by atoms with Gasteiger partial charge in [-0.2, -0.15) is 13.2 Å². The van der Waals surface area contributed by atoms with Crippen molar-refractivity contribution in [3.8, 4) is 0 Å². The lowest BCUT2D eigenvalue weighted by Crippen LogP contribution is -2.44. The normalized spacial score (nSPS) is 16.2. The molecule has 8 nitrogen and oxygen atoms in total. The highest BCUT2D eigenvalue weighted by molar-refractivity contribution is 9.10. The molecule has 4 rings (SSSR count). The molecule has 3 aromatic heterocycles. The number of nitrogens with zero attached hydrogens (tertiary/aromatic N) is 3. The highest BCUT2D eigenvalue weighted by atomic mass is 79.9. The average molecular weight is 559 g/mol. The molecule has 6 N–H and O–H groups in total. The number of fused-ring (bicyclic) bond motifs is 1. The Morgan fingerprint density at radius 1 is 1.35 bits per heavy atom. The third-order valence-corrected chi connectivity index (χ3v) is 7.35. The molecule has 13 heteroatoms. The summed E-state index contributed by atoms with van der Waals surface area (Å²) in [6, 6.07) is 4.62. The summed E-state index contributed by atoms with van der Waals surface area (Å²) < 4.78 is 42.1. The molecule has 0 spiro atoms. The Hall–Kier alpha value is -2.48. The number of hydrogen-bond donors (Lipinski definition) is 4. The number of amides is 1. The molecule has 3 aromatic rings. The Morgan fingerprint density at radius 3 is 2.65 bits per heavy atom. The van der Waals surface area contributed by atoms with Crippen LogP contribution in [0.25, 0.3) is 10.2 Å². The zero-order valence-corrected chi connectivity index (χ0v) is 20.2. The van der Waals surface area contributed by atoms with E-state index >= 15 is 0 Å². The Balaban J connectivity index is 1.46. The molecule has 182 valence electrons. The number of nitrogens with two attached hydrogens (primary N) is 2. The Morgan fingerprint density at radius 2 is 2.06 bits per heavy atom. The number of hydrogen-bond acceptors (Lipinski definition) is 8. The summed E-state index contributed by atoms with van der Waals surface area (Å²) >= 11 is 4.02. The first-order chi connectivity index (χ1) is 16.0. The number of primary amides is 1. The molecule has 0 aliphatic carbocycles. The van der Waals surface area contributed by atoms with Crippen molar-refractivity contribution >= 4 is 54.9 Å². The van der Waals surface area contributed by atoms with Gasteiger partial charge in [0.15, 0.2) is 0 Å². The molecule has 0 saturated carbocycles. The summed E-state index contributed by atoms with van der Waals surface area (Å²) in [5.41, 5.74) is 10.6. The number of piperidine rings is 1. The second-order valence-corrected chi connectivity index (χ2v) is 9.83. The molecule has 1 aliphatic heterocycles. The topological polar surface area (TPSA) is 130 Å². The Labute approximate surface area is 205 Å². The molecular formula is C21H22BrF3N6O2S. The van der Waals surface area contributed by atoms with Crippen LogP contribution < -0.4 is 21.7 Å². The molecule has 1 atom stereocenters. The van der Waals surface area contributed by atoms with E-state index in [1.807, 2.05) is 0 Å². The fraction of sp³-hybridized carbons (Fsp3) is 0.381. The van der Waals surface area contributed by atoms with Crippen LogP contribution in [0.4, 0.5) is 24.7 Å². The number of halogens is 4. The maximum atomic E-state index is 13.8. The van der Waals surface area contributed by atoms with Crippen molar-refractivity contribution in [3.63, 3.8) is 0 Å². The molecule has 0 radical (unpaired) electrons. The van der Waals surface area contributed by atoms with E-state index < -0.39 is 23.8 Å². The number of alkyl halides is 3. The summed E-state index contributed by atoms with van der Waals surface area (Å²) in [5.74, 6) is -0.709. The first-order valence-corrected chi connectivity index (χ1v) is 12.0. The summed E-state index contributed by atoms with van der Waals surface area (Å²) in [6.07, 6.45) is -2.48. The second-order valence-electron chi connectivity index (χ2n) is 8.01. The minimum Gasteiger partial charge on any atom is -0.397 e. The zero-order valence-electron chi connectivity index (χ0n) is 17.8. The molecule has 1 unspecified atom stereocenters. The van der Waals surface area contributed by atoms with Crippen LogP contribution in [0.3, 0.4) is 0 Å². The molecule has 1 amide bonds. The van der Waals surface area contributed by atoms with Crippen molar-refractivity contribution < 1.29 is 23.1 Å². The maximum absolute atomic E-state index is 13.8. The van der Waals surface area contributed by atoms with Gasteiger partial charge in [0.05, 0.1) is 17.4 Å². The Kier molecular flexibility index (Phi) is 6.99. The van der Waals surface area contributed by atoms with Gasteiger partial charge in [0.25, 0.3) is 5.91 Å². The number of carbonyl (C=O) groups excluding carboxylic acids is 1. The van der Waals surface area contributed by atoms with Crippen LogP contribution in [-0.4, -0.2) is 46.7 Å². The second kappa shape index (κ2) is 9.64. The van der Waals surface area contributed by atoms with Crippen molar-refractivity contribution in [3.05, 3.63) is 45.0 Å². The number of nitrogen functional groups attached to an aromatic ring is 1. The number of nitrogens with one attached hydrogen (secondary N) is 1. The van der Waals surface area contributed by atoms with E-state index in [1.165, 1.54) is 0 Å². The van der Waals surface area contributed by atoms with Crippen LogP contribution in [0, 0.1) is 0 Å². The number of aliphatic hydroxyl groups is 1. The minimum atomic E-state index is -4.67. The molecular weight excluding hydrogens is 537 g/mol. The lowest BCUT2D eigenvalue weighted by Gasteiger charge is -2.34. The quantitative estimate of drug-likeness (QED) is 0.341. The van der Waals surface area contributed by atoms with Gasteiger partial charge in [-0.3, -0.25) is 4.79 Å². The van der Waals surface area contributed by atoms with Crippen LogP contribution in [0.15, 0.2) is 29.0 Å². The Bertz CT molecular complexity index is 1200. The van der Waals surface area contributed by atoms with Crippen LogP contribution >= 0.6 is 27.3 Å². The van der Waals surface area contributed by atoms with Crippen molar-refractivity contribution in [2.24, 2.45) is 5.73 Å². The van der Waals surface area contributed by atoms with E-state index in [0.29, 0.717) is 42.6 Å². The van der Waals surface area contributed by atoms with Gasteiger partial charge in [0, 0.05) is 42.8 Å². The van der Waals surface area contributed by atoms with Gasteiger partial charge in [0.1, 0.15) is 20.1 Å². The van der Waals surface area contributed by atoms with Gasteiger partial charge in [-0.05, 0) is 40.9 Å². The van der Waals surface area contributed by atoms with Crippen LogP contribution in [0.2, 0.25) is 0 Å². The fourth-order valence-corrected chi connectivity index (χ4v) is 5.17. The van der Waals surface area contributed by atoms with Crippen molar-refractivity contribution in [1.82, 2.24) is 15.3 Å².